The molecule has 0 atom stereocenters. The lowest BCUT2D eigenvalue weighted by molar-refractivity contribution is -0.112. The summed E-state index contributed by atoms with van der Waals surface area (Å²) >= 11 is 15.6. The summed E-state index contributed by atoms with van der Waals surface area (Å²) in [5.41, 5.74) is 1.02. The minimum Gasteiger partial charge on any atom is -0.490 e. The second-order valence-electron chi connectivity index (χ2n) is 6.89. The molecule has 0 spiro atoms. The van der Waals surface area contributed by atoms with E-state index in [0.717, 1.165) is 5.56 Å². The van der Waals surface area contributed by atoms with Crippen molar-refractivity contribution in [3.8, 4) is 17.6 Å². The van der Waals surface area contributed by atoms with Crippen molar-refractivity contribution in [2.45, 2.75) is 13.5 Å². The standard InChI is InChI=1S/C25H18BrCl2FN2O3/c1-2-33-23-11-15(9-17(13-30)25(32)31-22-6-4-3-5-21(22)29)10-19(26)24(23)34-14-16-7-8-18(27)12-20(16)28/h3-12H,2,14H2,1H3,(H,31,32)/b17-9-. The van der Waals surface area contributed by atoms with Crippen LogP contribution in [0.4, 0.5) is 10.1 Å². The van der Waals surface area contributed by atoms with Crippen molar-refractivity contribution in [3.63, 3.8) is 0 Å². The van der Waals surface area contributed by atoms with Gasteiger partial charge in [0, 0.05) is 15.6 Å². The van der Waals surface area contributed by atoms with Crippen LogP contribution in [0.3, 0.4) is 0 Å². The molecule has 0 aliphatic carbocycles. The van der Waals surface area contributed by atoms with E-state index < -0.39 is 11.7 Å². The van der Waals surface area contributed by atoms with E-state index in [2.05, 4.69) is 21.2 Å². The van der Waals surface area contributed by atoms with E-state index in [1.807, 2.05) is 13.0 Å². The van der Waals surface area contributed by atoms with Crippen molar-refractivity contribution in [3.05, 3.63) is 91.6 Å². The van der Waals surface area contributed by atoms with Gasteiger partial charge in [0.15, 0.2) is 11.5 Å². The zero-order valence-corrected chi connectivity index (χ0v) is 21.0. The predicted molar refractivity (Wildman–Crippen MR) is 135 cm³/mol. The van der Waals surface area contributed by atoms with Gasteiger partial charge in [-0.1, -0.05) is 41.4 Å². The minimum absolute atomic E-state index is 0.0190. The molecule has 0 saturated heterocycles. The summed E-state index contributed by atoms with van der Waals surface area (Å²) < 4.78 is 26.1. The molecule has 5 nitrogen and oxygen atoms in total. The Bertz CT molecular complexity index is 1290. The molecule has 0 bridgehead atoms. The van der Waals surface area contributed by atoms with Crippen molar-refractivity contribution in [2.24, 2.45) is 0 Å². The van der Waals surface area contributed by atoms with E-state index in [9.17, 15) is 14.4 Å². The van der Waals surface area contributed by atoms with Crippen LogP contribution in [0.5, 0.6) is 11.5 Å². The average molecular weight is 564 g/mol. The number of nitriles is 1. The Labute approximate surface area is 214 Å². The second kappa shape index (κ2) is 11.9. The van der Waals surface area contributed by atoms with E-state index in [1.54, 1.807) is 36.4 Å². The molecule has 0 aromatic heterocycles. The number of hydrogen-bond acceptors (Lipinski definition) is 4. The van der Waals surface area contributed by atoms with Crippen LogP contribution in [0.25, 0.3) is 6.08 Å². The third-order valence-electron chi connectivity index (χ3n) is 4.52. The van der Waals surface area contributed by atoms with Crippen LogP contribution < -0.4 is 14.8 Å². The number of ether oxygens (including phenoxy) is 2. The van der Waals surface area contributed by atoms with Gasteiger partial charge in [0.2, 0.25) is 0 Å². The molecule has 3 aromatic carbocycles. The summed E-state index contributed by atoms with van der Waals surface area (Å²) in [6.07, 6.45) is 1.38. The summed E-state index contributed by atoms with van der Waals surface area (Å²) in [5, 5.41) is 12.9. The third kappa shape index (κ3) is 6.51. The van der Waals surface area contributed by atoms with Gasteiger partial charge in [0.25, 0.3) is 5.91 Å². The molecule has 0 saturated carbocycles. The molecule has 3 rings (SSSR count). The Hall–Kier alpha value is -3.05. The fourth-order valence-electron chi connectivity index (χ4n) is 2.93. The van der Waals surface area contributed by atoms with Crippen LogP contribution in [0, 0.1) is 17.1 Å². The maximum Gasteiger partial charge on any atom is 0.266 e. The molecule has 0 unspecified atom stereocenters. The summed E-state index contributed by atoms with van der Waals surface area (Å²) in [6, 6.07) is 16.0. The van der Waals surface area contributed by atoms with Gasteiger partial charge in [-0.05, 0) is 70.9 Å². The maximum atomic E-state index is 13.9. The number of amides is 1. The Morgan fingerprint density at radius 2 is 1.94 bits per heavy atom. The molecule has 0 heterocycles. The van der Waals surface area contributed by atoms with Gasteiger partial charge < -0.3 is 14.8 Å². The molecule has 9 heteroatoms. The summed E-state index contributed by atoms with van der Waals surface area (Å²) in [5.74, 6) is -0.504. The lowest BCUT2D eigenvalue weighted by Gasteiger charge is -2.15. The highest BCUT2D eigenvalue weighted by Crippen LogP contribution is 2.38. The van der Waals surface area contributed by atoms with Crippen molar-refractivity contribution in [2.75, 3.05) is 11.9 Å². The molecule has 0 radical (unpaired) electrons. The van der Waals surface area contributed by atoms with Gasteiger partial charge in [-0.2, -0.15) is 5.26 Å². The highest BCUT2D eigenvalue weighted by molar-refractivity contribution is 9.10. The molecular weight excluding hydrogens is 546 g/mol. The lowest BCUT2D eigenvalue weighted by Crippen LogP contribution is -2.14. The number of para-hydroxylation sites is 1. The fraction of sp³-hybridized carbons (Fsp3) is 0.120. The summed E-state index contributed by atoms with van der Waals surface area (Å²) in [4.78, 5) is 12.5. The number of carbonyl (C=O) groups is 1. The number of benzene rings is 3. The smallest absolute Gasteiger partial charge is 0.266 e. The fourth-order valence-corrected chi connectivity index (χ4v) is 3.97. The first kappa shape index (κ1) is 25.6. The highest BCUT2D eigenvalue weighted by Gasteiger charge is 2.16. The van der Waals surface area contributed by atoms with Crippen LogP contribution in [-0.4, -0.2) is 12.5 Å². The number of hydrogen-bond donors (Lipinski definition) is 1. The first-order valence-corrected chi connectivity index (χ1v) is 11.6. The third-order valence-corrected chi connectivity index (χ3v) is 5.69. The number of halogens is 4. The monoisotopic (exact) mass is 562 g/mol. The maximum absolute atomic E-state index is 13.9. The number of carbonyl (C=O) groups excluding carboxylic acids is 1. The molecule has 3 aromatic rings. The largest absolute Gasteiger partial charge is 0.490 e. The van der Waals surface area contributed by atoms with Crippen LogP contribution in [-0.2, 0) is 11.4 Å². The normalized spacial score (nSPS) is 11.0. The Morgan fingerprint density at radius 1 is 1.18 bits per heavy atom. The molecule has 34 heavy (non-hydrogen) atoms. The Morgan fingerprint density at radius 3 is 2.62 bits per heavy atom. The SMILES string of the molecule is CCOc1cc(/C=C(/C#N)C(=O)Nc2ccccc2F)cc(Br)c1OCc1ccc(Cl)cc1Cl. The quantitative estimate of drug-likeness (QED) is 0.229. The van der Waals surface area contributed by atoms with E-state index >= 15 is 0 Å². The summed E-state index contributed by atoms with van der Waals surface area (Å²) in [6.45, 7) is 2.34. The number of anilines is 1. The minimum atomic E-state index is -0.737. The van der Waals surface area contributed by atoms with Gasteiger partial charge in [0.1, 0.15) is 24.1 Å². The van der Waals surface area contributed by atoms with Gasteiger partial charge in [0.05, 0.1) is 16.8 Å². The van der Waals surface area contributed by atoms with Crippen LogP contribution in [0.15, 0.2) is 64.6 Å². The van der Waals surface area contributed by atoms with E-state index in [0.29, 0.717) is 38.2 Å². The van der Waals surface area contributed by atoms with Crippen molar-refractivity contribution in [1.29, 1.82) is 5.26 Å². The lowest BCUT2D eigenvalue weighted by atomic mass is 10.1. The Balaban J connectivity index is 1.87. The van der Waals surface area contributed by atoms with Crippen LogP contribution >= 0.6 is 39.1 Å². The molecule has 0 fully saturated rings. The number of nitrogens with zero attached hydrogens (tertiary/aromatic N) is 1. The highest BCUT2D eigenvalue weighted by atomic mass is 79.9. The van der Waals surface area contributed by atoms with Gasteiger partial charge in [-0.15, -0.1) is 0 Å². The zero-order valence-electron chi connectivity index (χ0n) is 17.9. The topological polar surface area (TPSA) is 71.3 Å². The number of nitrogens with one attached hydrogen (secondary N) is 1. The molecule has 1 amide bonds. The van der Waals surface area contributed by atoms with E-state index in [1.165, 1.54) is 24.3 Å². The molecule has 1 N–H and O–H groups in total. The van der Waals surface area contributed by atoms with Crippen molar-refractivity contribution >= 4 is 56.8 Å². The van der Waals surface area contributed by atoms with Crippen molar-refractivity contribution < 1.29 is 18.7 Å². The van der Waals surface area contributed by atoms with Crippen LogP contribution in [0.2, 0.25) is 10.0 Å². The predicted octanol–water partition coefficient (Wildman–Crippen LogP) is 7.42. The number of rotatable bonds is 8. The second-order valence-corrected chi connectivity index (χ2v) is 8.59. The molecule has 174 valence electrons. The van der Waals surface area contributed by atoms with E-state index in [-0.39, 0.29) is 17.9 Å². The average Bonchev–Trinajstić information content (AvgIpc) is 2.79. The van der Waals surface area contributed by atoms with Gasteiger partial charge in [-0.3, -0.25) is 4.79 Å². The van der Waals surface area contributed by atoms with E-state index in [4.69, 9.17) is 32.7 Å². The summed E-state index contributed by atoms with van der Waals surface area (Å²) in [7, 11) is 0. The van der Waals surface area contributed by atoms with Crippen LogP contribution in [0.1, 0.15) is 18.1 Å². The van der Waals surface area contributed by atoms with Gasteiger partial charge in [-0.25, -0.2) is 4.39 Å². The molecule has 0 aliphatic rings. The zero-order chi connectivity index (χ0) is 24.7. The molecule has 0 aliphatic heterocycles. The Kier molecular flexibility index (Phi) is 8.94. The first-order valence-electron chi connectivity index (χ1n) is 10.0. The first-order chi connectivity index (χ1) is 16.3. The van der Waals surface area contributed by atoms with Gasteiger partial charge >= 0.3 is 0 Å². The molecular formula is C25H18BrCl2FN2O3. The van der Waals surface area contributed by atoms with Crippen molar-refractivity contribution in [1.82, 2.24) is 0 Å².